The summed E-state index contributed by atoms with van der Waals surface area (Å²) in [5, 5.41) is 14.3. The summed E-state index contributed by atoms with van der Waals surface area (Å²) in [6, 6.07) is 7.49. The van der Waals surface area contributed by atoms with Crippen LogP contribution in [0.1, 0.15) is 11.1 Å². The number of hydrogen-bond acceptors (Lipinski definition) is 3. The topological polar surface area (TPSA) is 35.8 Å². The molecule has 1 N–H and O–H groups in total. The van der Waals surface area contributed by atoms with E-state index >= 15 is 0 Å². The molecule has 1 heterocycles. The Bertz CT molecular complexity index is 572. The highest BCUT2D eigenvalue weighted by molar-refractivity contribution is 7.14. The van der Waals surface area contributed by atoms with E-state index in [2.05, 4.69) is 5.32 Å². The number of hydrogen-bond donors (Lipinski definition) is 1. The first-order chi connectivity index (χ1) is 8.20. The standard InChI is InChI=1S/C12H8F2N2S/c13-10-2-1-8(5-11(10)14)7-16-12-9(6-15)3-4-17-12/h1-5,16H,7H2. The molecule has 0 bridgehead atoms. The summed E-state index contributed by atoms with van der Waals surface area (Å²) < 4.78 is 25.6. The van der Waals surface area contributed by atoms with E-state index in [1.165, 1.54) is 17.4 Å². The number of rotatable bonds is 3. The van der Waals surface area contributed by atoms with Gasteiger partial charge in [0.2, 0.25) is 0 Å². The predicted molar refractivity (Wildman–Crippen MR) is 62.7 cm³/mol. The fourth-order valence-corrected chi connectivity index (χ4v) is 2.10. The van der Waals surface area contributed by atoms with Crippen LogP contribution in [0.3, 0.4) is 0 Å². The quantitative estimate of drug-likeness (QED) is 0.904. The third-order valence-corrected chi connectivity index (χ3v) is 3.09. The average molecular weight is 250 g/mol. The Balaban J connectivity index is 2.08. The molecule has 2 rings (SSSR count). The van der Waals surface area contributed by atoms with Crippen molar-refractivity contribution in [2.75, 3.05) is 5.32 Å². The Labute approximate surface area is 101 Å². The lowest BCUT2D eigenvalue weighted by atomic mass is 10.2. The molecule has 5 heteroatoms. The van der Waals surface area contributed by atoms with Crippen LogP contribution in [0.5, 0.6) is 0 Å². The van der Waals surface area contributed by atoms with Crippen LogP contribution in [0.2, 0.25) is 0 Å². The van der Waals surface area contributed by atoms with Gasteiger partial charge >= 0.3 is 0 Å². The molecule has 0 saturated heterocycles. The third-order valence-electron chi connectivity index (χ3n) is 2.22. The lowest BCUT2D eigenvalue weighted by Crippen LogP contribution is -2.00. The van der Waals surface area contributed by atoms with Crippen molar-refractivity contribution < 1.29 is 8.78 Å². The van der Waals surface area contributed by atoms with Gasteiger partial charge < -0.3 is 5.32 Å². The zero-order valence-electron chi connectivity index (χ0n) is 8.71. The largest absolute Gasteiger partial charge is 0.372 e. The highest BCUT2D eigenvalue weighted by Crippen LogP contribution is 2.23. The maximum Gasteiger partial charge on any atom is 0.159 e. The van der Waals surface area contributed by atoms with Crippen molar-refractivity contribution >= 4 is 16.3 Å². The summed E-state index contributed by atoms with van der Waals surface area (Å²) in [5.41, 5.74) is 1.18. The summed E-state index contributed by atoms with van der Waals surface area (Å²) in [6.07, 6.45) is 0. The van der Waals surface area contributed by atoms with Gasteiger partial charge in [-0.1, -0.05) is 6.07 Å². The van der Waals surface area contributed by atoms with Gasteiger partial charge in [0.05, 0.1) is 5.56 Å². The molecule has 0 radical (unpaired) electrons. The Morgan fingerprint density at radius 2 is 2.06 bits per heavy atom. The molecule has 0 spiro atoms. The van der Waals surface area contributed by atoms with Gasteiger partial charge in [-0.05, 0) is 29.1 Å². The summed E-state index contributed by atoms with van der Waals surface area (Å²) in [6.45, 7) is 0.354. The van der Waals surface area contributed by atoms with Gasteiger partial charge in [0, 0.05) is 6.54 Å². The SMILES string of the molecule is N#Cc1ccsc1NCc1ccc(F)c(F)c1. The molecule has 1 aromatic heterocycles. The van der Waals surface area contributed by atoms with E-state index in [4.69, 9.17) is 5.26 Å². The lowest BCUT2D eigenvalue weighted by molar-refractivity contribution is 0.507. The van der Waals surface area contributed by atoms with Crippen LogP contribution < -0.4 is 5.32 Å². The van der Waals surface area contributed by atoms with Gasteiger partial charge in [-0.2, -0.15) is 5.26 Å². The molecular formula is C12H8F2N2S. The minimum atomic E-state index is -0.865. The first-order valence-corrected chi connectivity index (χ1v) is 5.74. The number of nitrogens with one attached hydrogen (secondary N) is 1. The molecule has 17 heavy (non-hydrogen) atoms. The number of nitrogens with zero attached hydrogens (tertiary/aromatic N) is 1. The van der Waals surface area contributed by atoms with Gasteiger partial charge in [-0.15, -0.1) is 11.3 Å². The maximum atomic E-state index is 12.9. The molecule has 0 saturated carbocycles. The highest BCUT2D eigenvalue weighted by Gasteiger charge is 2.05. The smallest absolute Gasteiger partial charge is 0.159 e. The lowest BCUT2D eigenvalue weighted by Gasteiger charge is -2.04. The second-order valence-electron chi connectivity index (χ2n) is 3.38. The predicted octanol–water partition coefficient (Wildman–Crippen LogP) is 3.51. The first kappa shape index (κ1) is 11.6. The van der Waals surface area contributed by atoms with Crippen molar-refractivity contribution in [1.29, 1.82) is 5.26 Å². The van der Waals surface area contributed by atoms with E-state index in [0.29, 0.717) is 17.7 Å². The first-order valence-electron chi connectivity index (χ1n) is 4.86. The Morgan fingerprint density at radius 3 is 2.76 bits per heavy atom. The minimum absolute atomic E-state index is 0.354. The molecule has 86 valence electrons. The number of thiophene rings is 1. The molecule has 0 aliphatic rings. The normalized spacial score (nSPS) is 9.94. The van der Waals surface area contributed by atoms with Gasteiger partial charge in [-0.25, -0.2) is 8.78 Å². The highest BCUT2D eigenvalue weighted by atomic mass is 32.1. The van der Waals surface area contributed by atoms with Gasteiger partial charge in [0.1, 0.15) is 11.1 Å². The second kappa shape index (κ2) is 4.93. The number of anilines is 1. The van der Waals surface area contributed by atoms with Gasteiger partial charge in [0.15, 0.2) is 11.6 Å². The van der Waals surface area contributed by atoms with Crippen molar-refractivity contribution in [3.63, 3.8) is 0 Å². The Kier molecular flexibility index (Phi) is 3.35. The molecule has 0 aliphatic heterocycles. The number of benzene rings is 1. The monoisotopic (exact) mass is 250 g/mol. The van der Waals surface area contributed by atoms with Crippen LogP contribution in [0.25, 0.3) is 0 Å². The number of nitriles is 1. The van der Waals surface area contributed by atoms with Crippen molar-refractivity contribution in [2.45, 2.75) is 6.54 Å². The Morgan fingerprint density at radius 1 is 1.24 bits per heavy atom. The van der Waals surface area contributed by atoms with Crippen LogP contribution in [-0.4, -0.2) is 0 Å². The minimum Gasteiger partial charge on any atom is -0.372 e. The molecule has 0 unspecified atom stereocenters. The molecule has 0 atom stereocenters. The maximum absolute atomic E-state index is 12.9. The van der Waals surface area contributed by atoms with Crippen LogP contribution >= 0.6 is 11.3 Å². The molecule has 0 amide bonds. The van der Waals surface area contributed by atoms with E-state index < -0.39 is 11.6 Å². The molecule has 1 aromatic carbocycles. The zero-order valence-corrected chi connectivity index (χ0v) is 9.52. The third kappa shape index (κ3) is 2.60. The van der Waals surface area contributed by atoms with Crippen molar-refractivity contribution in [2.24, 2.45) is 0 Å². The van der Waals surface area contributed by atoms with Gasteiger partial charge in [0.25, 0.3) is 0 Å². The fraction of sp³-hybridized carbons (Fsp3) is 0.0833. The summed E-state index contributed by atoms with van der Waals surface area (Å²) in [4.78, 5) is 0. The number of halogens is 2. The summed E-state index contributed by atoms with van der Waals surface area (Å²) >= 11 is 1.40. The van der Waals surface area contributed by atoms with Crippen LogP contribution in [0.15, 0.2) is 29.6 Å². The van der Waals surface area contributed by atoms with E-state index in [1.54, 1.807) is 11.4 Å². The fourth-order valence-electron chi connectivity index (χ4n) is 1.37. The van der Waals surface area contributed by atoms with E-state index in [-0.39, 0.29) is 0 Å². The summed E-state index contributed by atoms with van der Waals surface area (Å²) in [5.74, 6) is -1.72. The van der Waals surface area contributed by atoms with Crippen LogP contribution in [0, 0.1) is 23.0 Å². The molecular weight excluding hydrogens is 242 g/mol. The van der Waals surface area contributed by atoms with Crippen molar-refractivity contribution in [3.05, 3.63) is 52.4 Å². The molecule has 0 aliphatic carbocycles. The Hall–Kier alpha value is -1.93. The second-order valence-corrected chi connectivity index (χ2v) is 4.29. The van der Waals surface area contributed by atoms with Crippen molar-refractivity contribution in [1.82, 2.24) is 0 Å². The van der Waals surface area contributed by atoms with E-state index in [0.717, 1.165) is 17.1 Å². The molecule has 2 nitrogen and oxygen atoms in total. The van der Waals surface area contributed by atoms with E-state index in [9.17, 15) is 8.78 Å². The molecule has 0 fully saturated rings. The average Bonchev–Trinajstić information content (AvgIpc) is 2.78. The zero-order chi connectivity index (χ0) is 12.3. The van der Waals surface area contributed by atoms with Crippen LogP contribution in [-0.2, 0) is 6.54 Å². The summed E-state index contributed by atoms with van der Waals surface area (Å²) in [7, 11) is 0. The molecule has 2 aromatic rings. The van der Waals surface area contributed by atoms with Gasteiger partial charge in [-0.3, -0.25) is 0 Å². The van der Waals surface area contributed by atoms with Crippen molar-refractivity contribution in [3.8, 4) is 6.07 Å². The van der Waals surface area contributed by atoms with Crippen LogP contribution in [0.4, 0.5) is 13.8 Å². The van der Waals surface area contributed by atoms with E-state index in [1.807, 2.05) is 6.07 Å².